The van der Waals surface area contributed by atoms with Gasteiger partial charge in [-0.15, -0.1) is 0 Å². The van der Waals surface area contributed by atoms with Gasteiger partial charge in [-0.25, -0.2) is 0 Å². The van der Waals surface area contributed by atoms with Crippen LogP contribution in [0.1, 0.15) is 206 Å². The van der Waals surface area contributed by atoms with Crippen LogP contribution in [0.15, 0.2) is 48.6 Å². The summed E-state index contributed by atoms with van der Waals surface area (Å²) in [5, 5.41) is 0. The zero-order chi connectivity index (χ0) is 41.1. The highest BCUT2D eigenvalue weighted by molar-refractivity contribution is 5.81. The lowest BCUT2D eigenvalue weighted by atomic mass is 9.98. The number of hydrogen-bond donors (Lipinski definition) is 2. The van der Waals surface area contributed by atoms with Crippen LogP contribution >= 0.6 is 0 Å². The number of carbonyl (C=O) groups excluding carboxylic acids is 1. The van der Waals surface area contributed by atoms with Crippen molar-refractivity contribution < 1.29 is 14.3 Å². The molecule has 1 aliphatic rings. The van der Waals surface area contributed by atoms with Gasteiger partial charge in [0, 0.05) is 38.1 Å². The van der Waals surface area contributed by atoms with Crippen LogP contribution < -0.4 is 11.5 Å². The number of rotatable bonds is 42. The van der Waals surface area contributed by atoms with Crippen LogP contribution in [0.3, 0.4) is 0 Å². The molecule has 0 radical (unpaired) electrons. The Hall–Kier alpha value is -1.73. The first-order valence-electron chi connectivity index (χ1n) is 24.6. The quantitative estimate of drug-likeness (QED) is 0.0474. The Morgan fingerprint density at radius 2 is 0.877 bits per heavy atom. The average molecular weight is 798 g/mol. The van der Waals surface area contributed by atoms with Crippen LogP contribution in [0.4, 0.5) is 0 Å². The van der Waals surface area contributed by atoms with Crippen molar-refractivity contribution >= 4 is 5.91 Å². The van der Waals surface area contributed by atoms with Gasteiger partial charge in [0.25, 0.3) is 0 Å². The van der Waals surface area contributed by atoms with Crippen molar-refractivity contribution in [2.24, 2.45) is 23.3 Å². The first kappa shape index (κ1) is 53.3. The van der Waals surface area contributed by atoms with E-state index in [0.717, 1.165) is 58.4 Å². The summed E-state index contributed by atoms with van der Waals surface area (Å²) in [5.74, 6) is 0.682. The minimum Gasteiger partial charge on any atom is -0.381 e. The lowest BCUT2D eigenvalue weighted by Crippen LogP contribution is -2.43. The second kappa shape index (κ2) is 42.4. The van der Waals surface area contributed by atoms with Crippen LogP contribution in [0.25, 0.3) is 0 Å². The predicted octanol–water partition coefficient (Wildman–Crippen LogP) is 13.3. The molecule has 1 heterocycles. The van der Waals surface area contributed by atoms with E-state index in [2.05, 4.69) is 62.5 Å². The summed E-state index contributed by atoms with van der Waals surface area (Å²) in [7, 11) is 0. The van der Waals surface area contributed by atoms with Gasteiger partial charge in [-0.2, -0.15) is 0 Å². The molecule has 6 heteroatoms. The van der Waals surface area contributed by atoms with E-state index < -0.39 is 6.04 Å². The number of unbranched alkanes of at least 4 members (excludes halogenated alkanes) is 22. The SMILES string of the molecule is CCCCCC=CCC=CCCCCCCCCCCOCC1CN(C(=O)[C@@H](N)CCCN)C[C@H]1COCCCCCCCCCCC=CCC=CCCCCC. The normalized spacial score (nSPS) is 16.8. The Bertz CT molecular complexity index is 915. The number of carbonyl (C=O) groups is 1. The molecule has 0 aromatic heterocycles. The second-order valence-electron chi connectivity index (χ2n) is 17.0. The third-order valence-electron chi connectivity index (χ3n) is 11.6. The standard InChI is InChI=1S/C51H95N3O3/c1-3-5-7-9-11-13-15-17-19-21-23-25-27-29-31-33-35-37-42-56-46-48-44-54(51(55)50(53)40-39-41-52)45-49(48)47-57-43-38-36-34-32-30-28-26-24-22-20-18-16-14-12-10-8-6-4-2/h11-14,17-20,48-50H,3-10,15-16,21-47,52-53H2,1-2H3/t48-,49?,50-/m0/s1. The molecular weight excluding hydrogens is 703 g/mol. The molecule has 1 fully saturated rings. The lowest BCUT2D eigenvalue weighted by molar-refractivity contribution is -0.132. The molecule has 1 saturated heterocycles. The molecule has 6 nitrogen and oxygen atoms in total. The van der Waals surface area contributed by atoms with Crippen LogP contribution in [-0.2, 0) is 14.3 Å². The molecule has 1 unspecified atom stereocenters. The summed E-state index contributed by atoms with van der Waals surface area (Å²) >= 11 is 0. The van der Waals surface area contributed by atoms with Crippen molar-refractivity contribution in [1.29, 1.82) is 0 Å². The van der Waals surface area contributed by atoms with Crippen molar-refractivity contribution in [3.05, 3.63) is 48.6 Å². The molecule has 0 spiro atoms. The number of ether oxygens (including phenoxy) is 2. The largest absolute Gasteiger partial charge is 0.381 e. The van der Waals surface area contributed by atoms with E-state index in [1.54, 1.807) is 0 Å². The number of hydrogen-bond acceptors (Lipinski definition) is 5. The molecule has 0 aliphatic carbocycles. The number of allylic oxidation sites excluding steroid dienone is 8. The summed E-state index contributed by atoms with van der Waals surface area (Å²) in [4.78, 5) is 15.1. The van der Waals surface area contributed by atoms with Crippen molar-refractivity contribution in [2.75, 3.05) is 46.1 Å². The van der Waals surface area contributed by atoms with Crippen LogP contribution in [-0.4, -0.2) is 62.9 Å². The van der Waals surface area contributed by atoms with E-state index in [0.29, 0.717) is 38.0 Å². The lowest BCUT2D eigenvalue weighted by Gasteiger charge is -2.21. The zero-order valence-electron chi connectivity index (χ0n) is 37.8. The van der Waals surface area contributed by atoms with Gasteiger partial charge in [-0.1, -0.05) is 165 Å². The van der Waals surface area contributed by atoms with E-state index in [1.807, 2.05) is 4.90 Å². The Morgan fingerprint density at radius 3 is 1.25 bits per heavy atom. The monoisotopic (exact) mass is 798 g/mol. The van der Waals surface area contributed by atoms with E-state index in [1.165, 1.54) is 154 Å². The summed E-state index contributed by atoms with van der Waals surface area (Å²) in [6.07, 6.45) is 55.9. The highest BCUT2D eigenvalue weighted by Gasteiger charge is 2.36. The highest BCUT2D eigenvalue weighted by Crippen LogP contribution is 2.26. The highest BCUT2D eigenvalue weighted by atomic mass is 16.5. The van der Waals surface area contributed by atoms with Crippen molar-refractivity contribution in [3.8, 4) is 0 Å². The fourth-order valence-electron chi connectivity index (χ4n) is 7.75. The molecule has 57 heavy (non-hydrogen) atoms. The number of nitrogens with two attached hydrogens (primary N) is 2. The molecule has 0 aromatic carbocycles. The molecule has 3 atom stereocenters. The maximum absolute atomic E-state index is 13.1. The second-order valence-corrected chi connectivity index (χ2v) is 17.0. The van der Waals surface area contributed by atoms with Gasteiger partial charge >= 0.3 is 0 Å². The first-order chi connectivity index (χ1) is 28.1. The Kier molecular flexibility index (Phi) is 39.6. The minimum atomic E-state index is -0.460. The van der Waals surface area contributed by atoms with Gasteiger partial charge in [0.05, 0.1) is 19.3 Å². The fourth-order valence-corrected chi connectivity index (χ4v) is 7.75. The fraction of sp³-hybridized carbons (Fsp3) is 0.824. The van der Waals surface area contributed by atoms with Gasteiger partial charge < -0.3 is 25.8 Å². The third kappa shape index (κ3) is 33.8. The average Bonchev–Trinajstić information content (AvgIpc) is 3.63. The minimum absolute atomic E-state index is 0.0609. The molecule has 1 rings (SSSR count). The van der Waals surface area contributed by atoms with Gasteiger partial charge in [-0.3, -0.25) is 4.79 Å². The summed E-state index contributed by atoms with van der Waals surface area (Å²) in [6.45, 7) is 9.56. The molecular formula is C51H95N3O3. The smallest absolute Gasteiger partial charge is 0.239 e. The van der Waals surface area contributed by atoms with E-state index in [4.69, 9.17) is 20.9 Å². The molecule has 4 N–H and O–H groups in total. The Balaban J connectivity index is 2.14. The zero-order valence-corrected chi connectivity index (χ0v) is 37.8. The summed E-state index contributed by atoms with van der Waals surface area (Å²) < 4.78 is 12.4. The van der Waals surface area contributed by atoms with Crippen molar-refractivity contribution in [3.63, 3.8) is 0 Å². The van der Waals surface area contributed by atoms with Gasteiger partial charge in [-0.05, 0) is 96.4 Å². The van der Waals surface area contributed by atoms with Gasteiger partial charge in [0.15, 0.2) is 0 Å². The Morgan fingerprint density at radius 1 is 0.526 bits per heavy atom. The molecule has 0 aromatic rings. The van der Waals surface area contributed by atoms with E-state index >= 15 is 0 Å². The van der Waals surface area contributed by atoms with Crippen LogP contribution in [0, 0.1) is 11.8 Å². The molecule has 0 bridgehead atoms. The molecule has 1 amide bonds. The topological polar surface area (TPSA) is 90.8 Å². The van der Waals surface area contributed by atoms with Gasteiger partial charge in [0.1, 0.15) is 0 Å². The molecule has 1 aliphatic heterocycles. The maximum atomic E-state index is 13.1. The molecule has 332 valence electrons. The number of likely N-dealkylation sites (tertiary alicyclic amines) is 1. The first-order valence-corrected chi connectivity index (χ1v) is 24.6. The van der Waals surface area contributed by atoms with E-state index in [-0.39, 0.29) is 5.91 Å². The number of nitrogens with zero attached hydrogens (tertiary/aromatic N) is 1. The third-order valence-corrected chi connectivity index (χ3v) is 11.6. The summed E-state index contributed by atoms with van der Waals surface area (Å²) in [5.41, 5.74) is 11.9. The van der Waals surface area contributed by atoms with E-state index in [9.17, 15) is 4.79 Å². The van der Waals surface area contributed by atoms with Crippen molar-refractivity contribution in [1.82, 2.24) is 4.90 Å². The maximum Gasteiger partial charge on any atom is 0.239 e. The number of amides is 1. The Labute approximate surface area is 354 Å². The summed E-state index contributed by atoms with van der Waals surface area (Å²) in [6, 6.07) is -0.460. The van der Waals surface area contributed by atoms with Crippen molar-refractivity contribution in [2.45, 2.75) is 213 Å². The van der Waals surface area contributed by atoms with Crippen LogP contribution in [0.5, 0.6) is 0 Å². The predicted molar refractivity (Wildman–Crippen MR) is 249 cm³/mol. The van der Waals surface area contributed by atoms with Gasteiger partial charge in [0.2, 0.25) is 5.91 Å². The molecule has 0 saturated carbocycles. The van der Waals surface area contributed by atoms with Crippen LogP contribution in [0.2, 0.25) is 0 Å².